The van der Waals surface area contributed by atoms with E-state index in [0.717, 1.165) is 28.4 Å². The molecule has 0 fully saturated rings. The zero-order valence-electron chi connectivity index (χ0n) is 8.42. The quantitative estimate of drug-likeness (QED) is 0.813. The number of aromatic nitrogens is 1. The number of nitrogens with zero attached hydrogens (tertiary/aromatic N) is 1. The lowest BCUT2D eigenvalue weighted by Gasteiger charge is -2.10. The van der Waals surface area contributed by atoms with Crippen molar-refractivity contribution < 1.29 is 4.74 Å². The van der Waals surface area contributed by atoms with Gasteiger partial charge in [0.2, 0.25) is 0 Å². The van der Waals surface area contributed by atoms with E-state index >= 15 is 0 Å². The molecule has 1 N–H and O–H groups in total. The van der Waals surface area contributed by atoms with Gasteiger partial charge in [-0.1, -0.05) is 0 Å². The largest absolute Gasteiger partial charge is 0.385 e. The van der Waals surface area contributed by atoms with Crippen LogP contribution in [0.25, 0.3) is 0 Å². The number of nitrogens with one attached hydrogen (secondary N) is 1. The fourth-order valence-corrected chi connectivity index (χ4v) is 2.36. The summed E-state index contributed by atoms with van der Waals surface area (Å²) in [4.78, 5) is 4.29. The molecule has 0 aliphatic carbocycles. The first-order valence-corrected chi connectivity index (χ1v) is 6.18. The van der Waals surface area contributed by atoms with Crippen LogP contribution in [0.3, 0.4) is 0 Å². The van der Waals surface area contributed by atoms with Gasteiger partial charge in [0.25, 0.3) is 0 Å². The second-order valence-corrected chi connectivity index (χ2v) is 5.47. The van der Waals surface area contributed by atoms with Gasteiger partial charge in [0.15, 0.2) is 0 Å². The van der Waals surface area contributed by atoms with Gasteiger partial charge in [0.05, 0.1) is 16.0 Å². The van der Waals surface area contributed by atoms with Crippen molar-refractivity contribution in [3.05, 3.63) is 15.0 Å². The predicted molar refractivity (Wildman–Crippen MR) is 62.7 cm³/mol. The van der Waals surface area contributed by atoms with Crippen molar-refractivity contribution in [1.29, 1.82) is 0 Å². The predicted octanol–water partition coefficient (Wildman–Crippen LogP) is 2.59. The van der Waals surface area contributed by atoms with Crippen molar-refractivity contribution in [3.63, 3.8) is 0 Å². The average molecular weight is 279 g/mol. The van der Waals surface area contributed by atoms with Crippen molar-refractivity contribution in [2.24, 2.45) is 0 Å². The lowest BCUT2D eigenvalue weighted by atomic mass is 10.3. The number of hydrogen-bond acceptors (Lipinski definition) is 4. The first-order valence-electron chi connectivity index (χ1n) is 4.57. The fourth-order valence-electron chi connectivity index (χ4n) is 1.09. The zero-order valence-corrected chi connectivity index (χ0v) is 10.8. The van der Waals surface area contributed by atoms with Crippen LogP contribution in [-0.2, 0) is 4.74 Å². The molecule has 1 rings (SSSR count). The minimum absolute atomic E-state index is 0.322. The summed E-state index contributed by atoms with van der Waals surface area (Å²) in [5, 5.41) is 4.51. The Hall–Kier alpha value is 0.0300. The number of methoxy groups -OCH3 is 1. The first kappa shape index (κ1) is 12.1. The van der Waals surface area contributed by atoms with Crippen LogP contribution in [-0.4, -0.2) is 25.2 Å². The number of rotatable bonds is 6. The highest BCUT2D eigenvalue weighted by atomic mass is 79.9. The highest BCUT2D eigenvalue weighted by Crippen LogP contribution is 2.23. The molecular weight excluding hydrogens is 264 g/mol. The third-order valence-electron chi connectivity index (χ3n) is 1.84. The van der Waals surface area contributed by atoms with Crippen LogP contribution in [0.5, 0.6) is 0 Å². The fraction of sp³-hybridized carbons (Fsp3) is 0.667. The second kappa shape index (κ2) is 6.50. The Balaban J connectivity index is 2.25. The van der Waals surface area contributed by atoms with Gasteiger partial charge >= 0.3 is 0 Å². The van der Waals surface area contributed by atoms with Crippen molar-refractivity contribution in [2.45, 2.75) is 19.4 Å². The van der Waals surface area contributed by atoms with Gasteiger partial charge in [-0.05, 0) is 35.8 Å². The first-order chi connectivity index (χ1) is 6.74. The van der Waals surface area contributed by atoms with E-state index in [9.17, 15) is 0 Å². The minimum Gasteiger partial charge on any atom is -0.385 e. The summed E-state index contributed by atoms with van der Waals surface area (Å²) in [5.41, 5.74) is 0. The van der Waals surface area contributed by atoms with Crippen LogP contribution in [0.4, 0.5) is 0 Å². The Morgan fingerprint density at radius 3 is 3.07 bits per heavy atom. The van der Waals surface area contributed by atoms with Crippen LogP contribution in [0, 0.1) is 0 Å². The summed E-state index contributed by atoms with van der Waals surface area (Å²) in [6.45, 7) is 3.89. The number of ether oxygens (including phenoxy) is 1. The normalized spacial score (nSPS) is 13.1. The van der Waals surface area contributed by atoms with Gasteiger partial charge in [-0.3, -0.25) is 0 Å². The summed E-state index contributed by atoms with van der Waals surface area (Å²) < 4.78 is 6.05. The topological polar surface area (TPSA) is 34.1 Å². The van der Waals surface area contributed by atoms with Gasteiger partial charge in [0, 0.05) is 13.7 Å². The molecule has 3 nitrogen and oxygen atoms in total. The maximum absolute atomic E-state index is 4.97. The summed E-state index contributed by atoms with van der Waals surface area (Å²) in [7, 11) is 1.72. The van der Waals surface area contributed by atoms with Crippen molar-refractivity contribution in [1.82, 2.24) is 10.3 Å². The lowest BCUT2D eigenvalue weighted by Crippen LogP contribution is -2.20. The Morgan fingerprint density at radius 2 is 2.50 bits per heavy atom. The van der Waals surface area contributed by atoms with Crippen molar-refractivity contribution in [2.75, 3.05) is 20.3 Å². The third kappa shape index (κ3) is 4.04. The van der Waals surface area contributed by atoms with Crippen LogP contribution in [0.2, 0.25) is 0 Å². The van der Waals surface area contributed by atoms with E-state index in [1.807, 2.05) is 6.20 Å². The molecule has 1 aromatic rings. The second-order valence-electron chi connectivity index (χ2n) is 3.02. The zero-order chi connectivity index (χ0) is 10.4. The lowest BCUT2D eigenvalue weighted by molar-refractivity contribution is 0.193. The maximum Gasteiger partial charge on any atom is 0.110 e. The molecule has 0 amide bonds. The van der Waals surface area contributed by atoms with E-state index < -0.39 is 0 Å². The Morgan fingerprint density at radius 1 is 1.71 bits per heavy atom. The van der Waals surface area contributed by atoms with Crippen LogP contribution < -0.4 is 5.32 Å². The molecule has 0 bridgehead atoms. The van der Waals surface area contributed by atoms with Gasteiger partial charge < -0.3 is 10.1 Å². The molecule has 0 spiro atoms. The molecule has 0 saturated heterocycles. The van der Waals surface area contributed by atoms with Crippen LogP contribution in [0.15, 0.2) is 9.98 Å². The molecule has 0 aromatic carbocycles. The third-order valence-corrected chi connectivity index (χ3v) is 3.50. The Labute approximate surface area is 97.0 Å². The molecular formula is C9H15BrN2OS. The molecule has 1 atom stereocenters. The monoisotopic (exact) mass is 278 g/mol. The Bertz CT molecular complexity index is 267. The maximum atomic E-state index is 4.97. The molecule has 0 radical (unpaired) electrons. The van der Waals surface area contributed by atoms with Gasteiger partial charge in [0.1, 0.15) is 5.01 Å². The molecule has 1 aromatic heterocycles. The smallest absolute Gasteiger partial charge is 0.110 e. The Kier molecular flexibility index (Phi) is 5.62. The summed E-state index contributed by atoms with van der Waals surface area (Å²) in [6.07, 6.45) is 2.88. The highest BCUT2D eigenvalue weighted by molar-refractivity contribution is 9.11. The number of halogens is 1. The molecule has 0 saturated carbocycles. The van der Waals surface area contributed by atoms with Crippen LogP contribution >= 0.6 is 27.3 Å². The molecule has 14 heavy (non-hydrogen) atoms. The van der Waals surface area contributed by atoms with Crippen LogP contribution in [0.1, 0.15) is 24.4 Å². The van der Waals surface area contributed by atoms with Gasteiger partial charge in [-0.25, -0.2) is 4.98 Å². The average Bonchev–Trinajstić information content (AvgIpc) is 2.59. The molecule has 80 valence electrons. The SMILES string of the molecule is COCCCNC(C)c1ncc(Br)s1. The minimum atomic E-state index is 0.322. The number of thiazole rings is 1. The molecule has 5 heteroatoms. The summed E-state index contributed by atoms with van der Waals surface area (Å²) in [5.74, 6) is 0. The number of hydrogen-bond donors (Lipinski definition) is 1. The van der Waals surface area contributed by atoms with Gasteiger partial charge in [-0.2, -0.15) is 0 Å². The molecule has 1 unspecified atom stereocenters. The van der Waals surface area contributed by atoms with Gasteiger partial charge in [-0.15, -0.1) is 11.3 Å². The van der Waals surface area contributed by atoms with Crippen molar-refractivity contribution in [3.8, 4) is 0 Å². The van der Waals surface area contributed by atoms with E-state index in [4.69, 9.17) is 4.74 Å². The van der Waals surface area contributed by atoms with E-state index in [2.05, 4.69) is 33.2 Å². The standard InChI is InChI=1S/C9H15BrN2OS/c1-7(11-4-3-5-13-2)9-12-6-8(10)14-9/h6-7,11H,3-5H2,1-2H3. The highest BCUT2D eigenvalue weighted by Gasteiger charge is 2.08. The van der Waals surface area contributed by atoms with Crippen molar-refractivity contribution >= 4 is 27.3 Å². The summed E-state index contributed by atoms with van der Waals surface area (Å²) >= 11 is 5.07. The van der Waals surface area contributed by atoms with E-state index in [0.29, 0.717) is 6.04 Å². The molecule has 0 aliphatic rings. The summed E-state index contributed by atoms with van der Waals surface area (Å²) in [6, 6.07) is 0.322. The van der Waals surface area contributed by atoms with E-state index in [-0.39, 0.29) is 0 Å². The van der Waals surface area contributed by atoms with E-state index in [1.54, 1.807) is 18.4 Å². The molecule has 0 aliphatic heterocycles. The van der Waals surface area contributed by atoms with E-state index in [1.165, 1.54) is 0 Å². The molecule has 1 heterocycles.